The lowest BCUT2D eigenvalue weighted by Gasteiger charge is -2.31. The topological polar surface area (TPSA) is 44.2 Å². The maximum absolute atomic E-state index is 11.8. The third-order valence-electron chi connectivity index (χ3n) is 2.64. The van der Waals surface area contributed by atoms with Gasteiger partial charge >= 0.3 is 0 Å². The van der Waals surface area contributed by atoms with Gasteiger partial charge in [0.2, 0.25) is 0 Å². The zero-order valence-corrected chi connectivity index (χ0v) is 9.40. The minimum Gasteiger partial charge on any atom is -0.240 e. The molecule has 0 aromatic carbocycles. The summed E-state index contributed by atoms with van der Waals surface area (Å²) in [6, 6.07) is 0. The zero-order chi connectivity index (χ0) is 9.90. The van der Waals surface area contributed by atoms with Gasteiger partial charge < -0.3 is 0 Å². The third kappa shape index (κ3) is 2.95. The summed E-state index contributed by atoms with van der Waals surface area (Å²) in [6.45, 7) is 5.91. The quantitative estimate of drug-likeness (QED) is 0.751. The van der Waals surface area contributed by atoms with Crippen LogP contribution in [0.4, 0.5) is 0 Å². The lowest BCUT2D eigenvalue weighted by molar-refractivity contribution is 0.296. The molecule has 1 heterocycles. The molecule has 0 aromatic rings. The van der Waals surface area contributed by atoms with E-state index < -0.39 is 9.92 Å². The molecule has 13 heavy (non-hydrogen) atoms. The lowest BCUT2D eigenvalue weighted by Crippen LogP contribution is -2.38. The van der Waals surface area contributed by atoms with Gasteiger partial charge in [0.25, 0.3) is 0 Å². The number of nitrogens with zero attached hydrogens (tertiary/aromatic N) is 1. The maximum Gasteiger partial charge on any atom is 0.107 e. The van der Waals surface area contributed by atoms with Crippen molar-refractivity contribution in [2.75, 3.05) is 18.8 Å². The highest BCUT2D eigenvalue weighted by atomic mass is 32.2. The van der Waals surface area contributed by atoms with Crippen molar-refractivity contribution in [3.8, 4) is 0 Å². The molecule has 0 saturated carbocycles. The molecule has 1 saturated heterocycles. The van der Waals surface area contributed by atoms with Gasteiger partial charge in [0, 0.05) is 18.8 Å². The average molecular weight is 204 g/mol. The number of nitrogens with one attached hydrogen (secondary N) is 1. The Bertz CT molecular complexity index is 240. The summed E-state index contributed by atoms with van der Waals surface area (Å²) in [5.74, 6) is 1.27. The molecule has 0 aromatic heterocycles. The van der Waals surface area contributed by atoms with E-state index in [4.69, 9.17) is 4.78 Å². The Morgan fingerprint density at radius 3 is 2.46 bits per heavy atom. The van der Waals surface area contributed by atoms with Crippen molar-refractivity contribution < 1.29 is 4.21 Å². The molecule has 1 aliphatic heterocycles. The Morgan fingerprint density at radius 1 is 1.46 bits per heavy atom. The van der Waals surface area contributed by atoms with Crippen LogP contribution in [0.15, 0.2) is 0 Å². The van der Waals surface area contributed by atoms with Crippen LogP contribution in [-0.4, -0.2) is 27.4 Å². The van der Waals surface area contributed by atoms with E-state index in [1.807, 2.05) is 11.2 Å². The maximum atomic E-state index is 11.8. The highest BCUT2D eigenvalue weighted by Crippen LogP contribution is 2.19. The fraction of sp³-hybridized carbons (Fsp3) is 1.00. The van der Waals surface area contributed by atoms with Gasteiger partial charge in [-0.15, -0.1) is 0 Å². The molecule has 78 valence electrons. The van der Waals surface area contributed by atoms with Gasteiger partial charge in [-0.3, -0.25) is 0 Å². The van der Waals surface area contributed by atoms with E-state index in [1.165, 1.54) is 0 Å². The minimum absolute atomic E-state index is 0.529. The Labute approximate surface area is 81.6 Å². The fourth-order valence-corrected chi connectivity index (χ4v) is 3.30. The Balaban J connectivity index is 2.53. The summed E-state index contributed by atoms with van der Waals surface area (Å²) in [5, 5.41) is 0. The molecule has 1 N–H and O–H groups in total. The highest BCUT2D eigenvalue weighted by molar-refractivity contribution is 7.90. The molecular formula is C9H20N2OS. The average Bonchev–Trinajstić information content (AvgIpc) is 2.05. The van der Waals surface area contributed by atoms with E-state index in [2.05, 4.69) is 6.92 Å². The van der Waals surface area contributed by atoms with Crippen LogP contribution in [0.2, 0.25) is 0 Å². The molecule has 0 aliphatic carbocycles. The van der Waals surface area contributed by atoms with Crippen LogP contribution < -0.4 is 0 Å². The van der Waals surface area contributed by atoms with E-state index in [0.717, 1.165) is 38.3 Å². The van der Waals surface area contributed by atoms with Crippen molar-refractivity contribution in [3.63, 3.8) is 0 Å². The predicted molar refractivity (Wildman–Crippen MR) is 56.0 cm³/mol. The SMILES string of the molecule is CCCS(=N)(=O)N1CCC(C)CC1. The molecule has 1 unspecified atom stereocenters. The number of hydrogen-bond acceptors (Lipinski definition) is 2. The van der Waals surface area contributed by atoms with Crippen molar-refractivity contribution in [2.24, 2.45) is 5.92 Å². The van der Waals surface area contributed by atoms with Gasteiger partial charge in [-0.1, -0.05) is 13.8 Å². The second kappa shape index (κ2) is 4.42. The molecule has 1 fully saturated rings. The standard InChI is InChI=1S/C9H20N2OS/c1-3-8-13(10,12)11-6-4-9(2)5-7-11/h9-10H,3-8H2,1-2H3. The largest absolute Gasteiger partial charge is 0.240 e. The molecule has 4 heteroatoms. The van der Waals surface area contributed by atoms with E-state index in [1.54, 1.807) is 0 Å². The summed E-state index contributed by atoms with van der Waals surface area (Å²) in [5.41, 5.74) is 0. The zero-order valence-electron chi connectivity index (χ0n) is 8.58. The van der Waals surface area contributed by atoms with Crippen molar-refractivity contribution in [3.05, 3.63) is 0 Å². The first-order valence-corrected chi connectivity index (χ1v) is 6.76. The second-order valence-electron chi connectivity index (χ2n) is 3.96. The van der Waals surface area contributed by atoms with Crippen LogP contribution in [0.3, 0.4) is 0 Å². The van der Waals surface area contributed by atoms with E-state index in [-0.39, 0.29) is 0 Å². The van der Waals surface area contributed by atoms with E-state index in [0.29, 0.717) is 5.75 Å². The monoisotopic (exact) mass is 204 g/mol. The van der Waals surface area contributed by atoms with Crippen LogP contribution >= 0.6 is 0 Å². The van der Waals surface area contributed by atoms with Crippen LogP contribution in [0.25, 0.3) is 0 Å². The molecule has 0 bridgehead atoms. The second-order valence-corrected chi connectivity index (χ2v) is 6.16. The number of rotatable bonds is 3. The molecule has 1 atom stereocenters. The van der Waals surface area contributed by atoms with Gasteiger partial charge in [-0.2, -0.15) is 0 Å². The van der Waals surface area contributed by atoms with Gasteiger partial charge in [0.1, 0.15) is 9.92 Å². The first-order chi connectivity index (χ1) is 6.06. The normalized spacial score (nSPS) is 25.7. The van der Waals surface area contributed by atoms with E-state index >= 15 is 0 Å². The molecular weight excluding hydrogens is 184 g/mol. The Hall–Kier alpha value is -0.0900. The van der Waals surface area contributed by atoms with Gasteiger partial charge in [-0.25, -0.2) is 13.3 Å². The summed E-state index contributed by atoms with van der Waals surface area (Å²) >= 11 is 0. The van der Waals surface area contributed by atoms with Crippen LogP contribution in [0.1, 0.15) is 33.1 Å². The molecule has 0 spiro atoms. The summed E-state index contributed by atoms with van der Waals surface area (Å²) < 4.78 is 21.5. The summed E-state index contributed by atoms with van der Waals surface area (Å²) in [4.78, 5) is 0. The minimum atomic E-state index is -2.42. The van der Waals surface area contributed by atoms with Crippen molar-refractivity contribution in [1.29, 1.82) is 4.78 Å². The van der Waals surface area contributed by atoms with Crippen molar-refractivity contribution >= 4 is 9.92 Å². The van der Waals surface area contributed by atoms with Crippen molar-refractivity contribution in [2.45, 2.75) is 33.1 Å². The van der Waals surface area contributed by atoms with Crippen LogP contribution in [-0.2, 0) is 9.92 Å². The van der Waals surface area contributed by atoms with Crippen molar-refractivity contribution in [1.82, 2.24) is 4.31 Å². The molecule has 1 rings (SSSR count). The number of hydrogen-bond donors (Lipinski definition) is 1. The lowest BCUT2D eigenvalue weighted by atomic mass is 10.0. The molecule has 0 radical (unpaired) electrons. The fourth-order valence-electron chi connectivity index (χ4n) is 1.69. The van der Waals surface area contributed by atoms with Crippen LogP contribution in [0, 0.1) is 10.7 Å². The predicted octanol–water partition coefficient (Wildman–Crippen LogP) is 2.09. The van der Waals surface area contributed by atoms with E-state index in [9.17, 15) is 4.21 Å². The molecule has 1 aliphatic rings. The Morgan fingerprint density at radius 2 is 2.00 bits per heavy atom. The van der Waals surface area contributed by atoms with Crippen LogP contribution in [0.5, 0.6) is 0 Å². The van der Waals surface area contributed by atoms with Gasteiger partial charge in [0.15, 0.2) is 0 Å². The smallest absolute Gasteiger partial charge is 0.107 e. The summed E-state index contributed by atoms with van der Waals surface area (Å²) in [7, 11) is -2.42. The number of piperidine rings is 1. The third-order valence-corrected chi connectivity index (χ3v) is 4.80. The molecule has 0 amide bonds. The van der Waals surface area contributed by atoms with Gasteiger partial charge in [-0.05, 0) is 25.2 Å². The Kier molecular flexibility index (Phi) is 3.74. The van der Waals surface area contributed by atoms with Gasteiger partial charge in [0.05, 0.1) is 0 Å². The molecule has 3 nitrogen and oxygen atoms in total. The first-order valence-electron chi connectivity index (χ1n) is 5.08. The first kappa shape index (κ1) is 11.0. The summed E-state index contributed by atoms with van der Waals surface area (Å²) in [6.07, 6.45) is 3.04. The highest BCUT2D eigenvalue weighted by Gasteiger charge is 2.22.